The maximum Gasteiger partial charge on any atom is 0.232 e. The number of benzene rings is 1. The molecule has 3 aromatic heterocycles. The Balaban J connectivity index is 1.55. The third-order valence-corrected chi connectivity index (χ3v) is 5.53. The number of halogens is 1. The van der Waals surface area contributed by atoms with Crippen LogP contribution in [0.4, 0.5) is 10.1 Å². The normalized spacial score (nSPS) is 13.5. The average Bonchev–Trinajstić information content (AvgIpc) is 3.49. The molecule has 0 unspecified atom stereocenters. The molecular weight excluding hydrogens is 395 g/mol. The Bertz CT molecular complexity index is 1330. The largest absolute Gasteiger partial charge is 0.369 e. The summed E-state index contributed by atoms with van der Waals surface area (Å²) in [4.78, 5) is 30.6. The molecule has 1 N–H and O–H groups in total. The third-order valence-electron chi connectivity index (χ3n) is 5.53. The van der Waals surface area contributed by atoms with Crippen LogP contribution in [0, 0.1) is 17.1 Å². The number of hydrogen-bond donors (Lipinski definition) is 1. The molecule has 4 heterocycles. The van der Waals surface area contributed by atoms with E-state index in [2.05, 4.69) is 19.9 Å². The molecule has 0 saturated carbocycles. The molecule has 31 heavy (non-hydrogen) atoms. The summed E-state index contributed by atoms with van der Waals surface area (Å²) in [6.45, 7) is 1.59. The van der Waals surface area contributed by atoms with Crippen molar-refractivity contribution in [3.8, 4) is 17.2 Å². The van der Waals surface area contributed by atoms with Gasteiger partial charge in [0.05, 0.1) is 11.3 Å². The molecular formula is C23H17FN6O. The van der Waals surface area contributed by atoms with Gasteiger partial charge >= 0.3 is 0 Å². The van der Waals surface area contributed by atoms with Gasteiger partial charge < -0.3 is 9.88 Å². The highest BCUT2D eigenvalue weighted by atomic mass is 19.1. The summed E-state index contributed by atoms with van der Waals surface area (Å²) in [5.41, 5.74) is 2.73. The summed E-state index contributed by atoms with van der Waals surface area (Å²) >= 11 is 0. The average molecular weight is 412 g/mol. The van der Waals surface area contributed by atoms with E-state index in [9.17, 15) is 4.79 Å². The highest BCUT2D eigenvalue weighted by molar-refractivity contribution is 6.16. The van der Waals surface area contributed by atoms with E-state index in [-0.39, 0.29) is 11.4 Å². The van der Waals surface area contributed by atoms with E-state index in [1.165, 1.54) is 18.5 Å². The second kappa shape index (κ2) is 7.61. The Morgan fingerprint density at radius 1 is 1.06 bits per heavy atom. The van der Waals surface area contributed by atoms with Crippen LogP contribution in [0.3, 0.4) is 0 Å². The molecule has 0 spiro atoms. The summed E-state index contributed by atoms with van der Waals surface area (Å²) in [7, 11) is 0. The molecule has 1 saturated heterocycles. The molecule has 4 aromatic rings. The van der Waals surface area contributed by atoms with E-state index in [1.54, 1.807) is 30.6 Å². The van der Waals surface area contributed by atoms with Crippen molar-refractivity contribution in [3.63, 3.8) is 0 Å². The number of anilines is 1. The van der Waals surface area contributed by atoms with Gasteiger partial charge in [0.2, 0.25) is 5.82 Å². The van der Waals surface area contributed by atoms with E-state index < -0.39 is 11.6 Å². The van der Waals surface area contributed by atoms with Crippen molar-refractivity contribution in [2.75, 3.05) is 18.0 Å². The number of nitrogens with zero attached hydrogens (tertiary/aromatic N) is 5. The van der Waals surface area contributed by atoms with Gasteiger partial charge in [-0.3, -0.25) is 4.79 Å². The highest BCUT2D eigenvalue weighted by Crippen LogP contribution is 2.30. The van der Waals surface area contributed by atoms with Gasteiger partial charge in [0.1, 0.15) is 11.7 Å². The Hall–Kier alpha value is -4.12. The van der Waals surface area contributed by atoms with Crippen LogP contribution < -0.4 is 4.90 Å². The van der Waals surface area contributed by atoms with Gasteiger partial charge in [-0.05, 0) is 31.0 Å². The summed E-state index contributed by atoms with van der Waals surface area (Å²) in [5.74, 6) is -0.822. The monoisotopic (exact) mass is 412 g/mol. The molecule has 0 atom stereocenters. The first-order valence-corrected chi connectivity index (χ1v) is 9.93. The number of pyridine rings is 1. The molecule has 152 valence electrons. The molecule has 7 nitrogen and oxygen atoms in total. The van der Waals surface area contributed by atoms with Crippen LogP contribution in [-0.2, 0) is 0 Å². The maximum atomic E-state index is 15.3. The Morgan fingerprint density at radius 2 is 1.81 bits per heavy atom. The summed E-state index contributed by atoms with van der Waals surface area (Å²) < 4.78 is 15.3. The van der Waals surface area contributed by atoms with Crippen molar-refractivity contribution >= 4 is 22.5 Å². The molecule has 1 aliphatic rings. The van der Waals surface area contributed by atoms with E-state index in [4.69, 9.17) is 5.26 Å². The van der Waals surface area contributed by atoms with Gasteiger partial charge in [0, 0.05) is 60.0 Å². The maximum absolute atomic E-state index is 15.3. The van der Waals surface area contributed by atoms with Gasteiger partial charge in [0.15, 0.2) is 11.6 Å². The van der Waals surface area contributed by atoms with Crippen LogP contribution in [-0.4, -0.2) is 38.8 Å². The van der Waals surface area contributed by atoms with Crippen LogP contribution in [0.1, 0.15) is 34.6 Å². The fourth-order valence-electron chi connectivity index (χ4n) is 3.93. The lowest BCUT2D eigenvalue weighted by Crippen LogP contribution is -2.20. The second-order valence-electron chi connectivity index (χ2n) is 7.39. The Morgan fingerprint density at radius 3 is 2.55 bits per heavy atom. The van der Waals surface area contributed by atoms with Crippen molar-refractivity contribution < 1.29 is 9.18 Å². The number of ketones is 1. The lowest BCUT2D eigenvalue weighted by Gasteiger charge is -2.19. The van der Waals surface area contributed by atoms with Gasteiger partial charge in [-0.25, -0.2) is 19.3 Å². The van der Waals surface area contributed by atoms with Crippen LogP contribution in [0.5, 0.6) is 0 Å². The summed E-state index contributed by atoms with van der Waals surface area (Å²) in [6.07, 6.45) is 8.29. The third kappa shape index (κ3) is 3.30. The molecule has 1 aliphatic heterocycles. The van der Waals surface area contributed by atoms with E-state index in [0.29, 0.717) is 33.4 Å². The minimum Gasteiger partial charge on any atom is -0.369 e. The van der Waals surface area contributed by atoms with Gasteiger partial charge in [-0.2, -0.15) is 5.26 Å². The number of nitriles is 1. The molecule has 1 aromatic carbocycles. The van der Waals surface area contributed by atoms with Gasteiger partial charge in [0.25, 0.3) is 0 Å². The molecule has 5 rings (SSSR count). The predicted molar refractivity (Wildman–Crippen MR) is 113 cm³/mol. The minimum atomic E-state index is -0.492. The standard InChI is InChI=1S/C23H17FN6O/c24-21-16(4-3-5-19(21)30-6-1-2-7-30)22(31)18-13-29-23-17(18)8-14(10-28-23)15-11-26-20(9-25)27-12-15/h3-5,8,10-13H,1-2,6-7H2,(H,28,29). The zero-order chi connectivity index (χ0) is 21.4. The summed E-state index contributed by atoms with van der Waals surface area (Å²) in [5, 5.41) is 9.45. The van der Waals surface area contributed by atoms with Crippen molar-refractivity contribution in [3.05, 3.63) is 71.8 Å². The number of rotatable bonds is 4. The minimum absolute atomic E-state index is 0.0393. The molecule has 0 amide bonds. The van der Waals surface area contributed by atoms with E-state index in [1.807, 2.05) is 11.0 Å². The Labute approximate surface area is 177 Å². The molecule has 0 bridgehead atoms. The van der Waals surface area contributed by atoms with Crippen LogP contribution in [0.15, 0.2) is 49.1 Å². The molecule has 0 aliphatic carbocycles. The van der Waals surface area contributed by atoms with Crippen molar-refractivity contribution in [2.24, 2.45) is 0 Å². The van der Waals surface area contributed by atoms with Crippen LogP contribution in [0.25, 0.3) is 22.2 Å². The quantitative estimate of drug-likeness (QED) is 0.511. The molecule has 0 radical (unpaired) electrons. The number of nitrogens with one attached hydrogen (secondary N) is 1. The van der Waals surface area contributed by atoms with Crippen molar-refractivity contribution in [2.45, 2.75) is 12.8 Å². The van der Waals surface area contributed by atoms with Crippen LogP contribution in [0.2, 0.25) is 0 Å². The number of hydrogen-bond acceptors (Lipinski definition) is 6. The number of carbonyl (C=O) groups is 1. The lowest BCUT2D eigenvalue weighted by atomic mass is 10.0. The number of fused-ring (bicyclic) bond motifs is 1. The fourth-order valence-corrected chi connectivity index (χ4v) is 3.93. The zero-order valence-corrected chi connectivity index (χ0v) is 16.5. The topological polar surface area (TPSA) is 98.6 Å². The smallest absolute Gasteiger partial charge is 0.232 e. The van der Waals surface area contributed by atoms with Crippen molar-refractivity contribution in [1.29, 1.82) is 5.26 Å². The number of H-pyrrole nitrogens is 1. The lowest BCUT2D eigenvalue weighted by molar-refractivity contribution is 0.103. The van der Waals surface area contributed by atoms with E-state index in [0.717, 1.165) is 25.9 Å². The number of aromatic amines is 1. The first kappa shape index (κ1) is 18.9. The predicted octanol–water partition coefficient (Wildman–Crippen LogP) is 3.86. The van der Waals surface area contributed by atoms with Crippen molar-refractivity contribution in [1.82, 2.24) is 19.9 Å². The molecule has 8 heteroatoms. The van der Waals surface area contributed by atoms with E-state index >= 15 is 4.39 Å². The number of aromatic nitrogens is 4. The first-order valence-electron chi connectivity index (χ1n) is 9.93. The second-order valence-corrected chi connectivity index (χ2v) is 7.39. The van der Waals surface area contributed by atoms with Gasteiger partial charge in [-0.15, -0.1) is 0 Å². The fraction of sp³-hybridized carbons (Fsp3) is 0.174. The Kier molecular flexibility index (Phi) is 4.64. The SMILES string of the molecule is N#Cc1ncc(-c2cnc3[nH]cc(C(=O)c4cccc(N5CCCC5)c4F)c3c2)cn1. The number of carbonyl (C=O) groups excluding carboxylic acids is 1. The molecule has 1 fully saturated rings. The first-order chi connectivity index (χ1) is 15.2. The van der Waals surface area contributed by atoms with Crippen LogP contribution >= 0.6 is 0 Å². The highest BCUT2D eigenvalue weighted by Gasteiger charge is 2.23. The summed E-state index contributed by atoms with van der Waals surface area (Å²) in [6, 6.07) is 8.62. The zero-order valence-electron chi connectivity index (χ0n) is 16.5. The van der Waals surface area contributed by atoms with Gasteiger partial charge in [-0.1, -0.05) is 6.07 Å².